The average molecular weight is 217 g/mol. The maximum Gasteiger partial charge on any atom is 0.161 e. The fraction of sp³-hybridized carbons (Fsp3) is 0.308. The van der Waals surface area contributed by atoms with Crippen molar-refractivity contribution in [1.29, 1.82) is 0 Å². The molecule has 0 bridgehead atoms. The maximum atomic E-state index is 11.3. The second-order valence-corrected chi connectivity index (χ2v) is 4.13. The Kier molecular flexibility index (Phi) is 2.69. The molecule has 3 heteroatoms. The predicted molar refractivity (Wildman–Crippen MR) is 64.1 cm³/mol. The minimum atomic E-state index is 0.0729. The number of hydrogen-bond acceptors (Lipinski definition) is 2. The van der Waals surface area contributed by atoms with Gasteiger partial charge in [0.1, 0.15) is 5.75 Å². The third kappa shape index (κ3) is 1.94. The Balaban J connectivity index is 2.45. The number of nitrogens with one attached hydrogen (secondary N) is 1. The summed E-state index contributed by atoms with van der Waals surface area (Å²) in [5.41, 5.74) is 1.66. The second-order valence-electron chi connectivity index (χ2n) is 4.13. The lowest BCUT2D eigenvalue weighted by atomic mass is 10.1. The minimum absolute atomic E-state index is 0.0729. The number of carbonyl (C=O) groups is 1. The molecule has 0 saturated carbocycles. The van der Waals surface area contributed by atoms with Crippen LogP contribution < -0.4 is 4.74 Å². The van der Waals surface area contributed by atoms with E-state index in [1.165, 1.54) is 0 Å². The molecule has 0 atom stereocenters. The van der Waals surface area contributed by atoms with Crippen LogP contribution in [0.4, 0.5) is 0 Å². The quantitative estimate of drug-likeness (QED) is 0.802. The number of H-pyrrole nitrogens is 1. The lowest BCUT2D eigenvalue weighted by Gasteiger charge is -2.09. The molecule has 0 spiro atoms. The van der Waals surface area contributed by atoms with E-state index in [1.807, 2.05) is 32.0 Å². The standard InChI is InChI=1S/C13H15NO2/c1-8(2)16-10-4-5-11-12(9(3)15)7-14-13(11)6-10/h4-8,14H,1-3H3. The Morgan fingerprint density at radius 3 is 2.75 bits per heavy atom. The van der Waals surface area contributed by atoms with Crippen molar-refractivity contribution >= 4 is 16.7 Å². The number of rotatable bonds is 3. The first kappa shape index (κ1) is 10.7. The number of aromatic amines is 1. The van der Waals surface area contributed by atoms with E-state index in [9.17, 15) is 4.79 Å². The lowest BCUT2D eigenvalue weighted by Crippen LogP contribution is -2.05. The molecule has 0 saturated heterocycles. The molecular weight excluding hydrogens is 202 g/mol. The van der Waals surface area contributed by atoms with Crippen LogP contribution in [-0.2, 0) is 0 Å². The SMILES string of the molecule is CC(=O)c1c[nH]c2cc(OC(C)C)ccc12. The molecule has 0 aliphatic carbocycles. The maximum absolute atomic E-state index is 11.3. The molecule has 0 amide bonds. The molecule has 2 aromatic rings. The zero-order valence-electron chi connectivity index (χ0n) is 9.70. The van der Waals surface area contributed by atoms with Crippen LogP contribution in [0, 0.1) is 0 Å². The third-order valence-electron chi connectivity index (χ3n) is 2.40. The van der Waals surface area contributed by atoms with Crippen molar-refractivity contribution in [1.82, 2.24) is 4.98 Å². The first-order valence-electron chi connectivity index (χ1n) is 5.36. The van der Waals surface area contributed by atoms with Crippen LogP contribution in [-0.4, -0.2) is 16.9 Å². The Bertz CT molecular complexity index is 526. The summed E-state index contributed by atoms with van der Waals surface area (Å²) in [5.74, 6) is 0.892. The second kappa shape index (κ2) is 4.00. The van der Waals surface area contributed by atoms with Crippen molar-refractivity contribution in [2.45, 2.75) is 26.9 Å². The van der Waals surface area contributed by atoms with Gasteiger partial charge >= 0.3 is 0 Å². The molecule has 3 nitrogen and oxygen atoms in total. The molecular formula is C13H15NO2. The molecule has 1 N–H and O–H groups in total. The summed E-state index contributed by atoms with van der Waals surface area (Å²) in [6, 6.07) is 5.73. The van der Waals surface area contributed by atoms with Crippen LogP contribution in [0.2, 0.25) is 0 Å². The largest absolute Gasteiger partial charge is 0.491 e. The van der Waals surface area contributed by atoms with E-state index < -0.39 is 0 Å². The van der Waals surface area contributed by atoms with Crippen molar-refractivity contribution in [2.24, 2.45) is 0 Å². The van der Waals surface area contributed by atoms with E-state index in [2.05, 4.69) is 4.98 Å². The Hall–Kier alpha value is -1.77. The highest BCUT2D eigenvalue weighted by Gasteiger charge is 2.08. The van der Waals surface area contributed by atoms with E-state index in [-0.39, 0.29) is 11.9 Å². The summed E-state index contributed by atoms with van der Waals surface area (Å²) in [6.07, 6.45) is 1.89. The number of hydrogen-bond donors (Lipinski definition) is 1. The van der Waals surface area contributed by atoms with Gasteiger partial charge in [-0.2, -0.15) is 0 Å². The topological polar surface area (TPSA) is 42.1 Å². The zero-order valence-corrected chi connectivity index (χ0v) is 9.70. The summed E-state index contributed by atoms with van der Waals surface area (Å²) in [6.45, 7) is 5.54. The molecule has 0 radical (unpaired) electrons. The molecule has 1 heterocycles. The van der Waals surface area contributed by atoms with Gasteiger partial charge in [0, 0.05) is 28.7 Å². The normalized spacial score (nSPS) is 11.0. The van der Waals surface area contributed by atoms with Crippen molar-refractivity contribution in [3.63, 3.8) is 0 Å². The van der Waals surface area contributed by atoms with Gasteiger partial charge in [-0.1, -0.05) is 0 Å². The zero-order chi connectivity index (χ0) is 11.7. The number of aromatic nitrogens is 1. The van der Waals surface area contributed by atoms with Crippen molar-refractivity contribution in [2.75, 3.05) is 0 Å². The molecule has 0 fully saturated rings. The van der Waals surface area contributed by atoms with E-state index >= 15 is 0 Å². The van der Waals surface area contributed by atoms with E-state index in [0.29, 0.717) is 0 Å². The van der Waals surface area contributed by atoms with E-state index in [4.69, 9.17) is 4.74 Å². The lowest BCUT2D eigenvalue weighted by molar-refractivity contribution is 0.101. The fourth-order valence-corrected chi connectivity index (χ4v) is 1.74. The Morgan fingerprint density at radius 2 is 2.12 bits per heavy atom. The van der Waals surface area contributed by atoms with E-state index in [0.717, 1.165) is 22.2 Å². The molecule has 1 aromatic carbocycles. The van der Waals surface area contributed by atoms with Crippen LogP contribution >= 0.6 is 0 Å². The number of carbonyl (C=O) groups excluding carboxylic acids is 1. The molecule has 1 aromatic heterocycles. The highest BCUT2D eigenvalue weighted by molar-refractivity contribution is 6.06. The number of Topliss-reactive ketones (excluding diaryl/α,β-unsaturated/α-hetero) is 1. The molecule has 0 aliphatic heterocycles. The van der Waals surface area contributed by atoms with Gasteiger partial charge in [0.05, 0.1) is 6.10 Å². The van der Waals surface area contributed by atoms with Gasteiger partial charge in [0.15, 0.2) is 5.78 Å². The fourth-order valence-electron chi connectivity index (χ4n) is 1.74. The molecule has 16 heavy (non-hydrogen) atoms. The number of fused-ring (bicyclic) bond motifs is 1. The van der Waals surface area contributed by atoms with E-state index in [1.54, 1.807) is 13.1 Å². The summed E-state index contributed by atoms with van der Waals surface area (Å²) >= 11 is 0. The van der Waals surface area contributed by atoms with Crippen LogP contribution in [0.1, 0.15) is 31.1 Å². The van der Waals surface area contributed by atoms with Gasteiger partial charge in [0.25, 0.3) is 0 Å². The first-order chi connectivity index (χ1) is 7.58. The highest BCUT2D eigenvalue weighted by Crippen LogP contribution is 2.24. The van der Waals surface area contributed by atoms with Gasteiger partial charge in [-0.3, -0.25) is 4.79 Å². The van der Waals surface area contributed by atoms with Gasteiger partial charge in [-0.25, -0.2) is 0 Å². The smallest absolute Gasteiger partial charge is 0.161 e. The summed E-state index contributed by atoms with van der Waals surface area (Å²) in [4.78, 5) is 14.4. The summed E-state index contributed by atoms with van der Waals surface area (Å²) in [7, 11) is 0. The summed E-state index contributed by atoms with van der Waals surface area (Å²) < 4.78 is 5.59. The number of benzene rings is 1. The molecule has 0 aliphatic rings. The molecule has 84 valence electrons. The van der Waals surface area contributed by atoms with Crippen LogP contribution in [0.15, 0.2) is 24.4 Å². The number of ether oxygens (including phenoxy) is 1. The van der Waals surface area contributed by atoms with Crippen LogP contribution in [0.25, 0.3) is 10.9 Å². The van der Waals surface area contributed by atoms with Gasteiger partial charge in [0.2, 0.25) is 0 Å². The Labute approximate surface area is 94.4 Å². The van der Waals surface area contributed by atoms with Crippen LogP contribution in [0.5, 0.6) is 5.75 Å². The van der Waals surface area contributed by atoms with Gasteiger partial charge in [-0.15, -0.1) is 0 Å². The van der Waals surface area contributed by atoms with Crippen LogP contribution in [0.3, 0.4) is 0 Å². The molecule has 2 rings (SSSR count). The van der Waals surface area contributed by atoms with Crippen molar-refractivity contribution in [3.8, 4) is 5.75 Å². The van der Waals surface area contributed by atoms with Crippen molar-refractivity contribution in [3.05, 3.63) is 30.0 Å². The monoisotopic (exact) mass is 217 g/mol. The number of ketones is 1. The average Bonchev–Trinajstić information content (AvgIpc) is 2.59. The third-order valence-corrected chi connectivity index (χ3v) is 2.40. The summed E-state index contributed by atoms with van der Waals surface area (Å²) in [5, 5.41) is 0.948. The highest BCUT2D eigenvalue weighted by atomic mass is 16.5. The van der Waals surface area contributed by atoms with Gasteiger partial charge in [-0.05, 0) is 32.9 Å². The minimum Gasteiger partial charge on any atom is -0.491 e. The van der Waals surface area contributed by atoms with Crippen molar-refractivity contribution < 1.29 is 9.53 Å². The predicted octanol–water partition coefficient (Wildman–Crippen LogP) is 3.16. The Morgan fingerprint density at radius 1 is 1.38 bits per heavy atom. The van der Waals surface area contributed by atoms with Gasteiger partial charge < -0.3 is 9.72 Å². The first-order valence-corrected chi connectivity index (χ1v) is 5.36. The molecule has 0 unspecified atom stereocenters.